The van der Waals surface area contributed by atoms with Crippen molar-refractivity contribution in [2.45, 2.75) is 26.3 Å². The van der Waals surface area contributed by atoms with Gasteiger partial charge in [-0.3, -0.25) is 9.69 Å². The molecule has 0 saturated carbocycles. The molecule has 1 atom stereocenters. The van der Waals surface area contributed by atoms with E-state index in [0.717, 1.165) is 60.1 Å². The number of hydrogen-bond donors (Lipinski definition) is 3. The van der Waals surface area contributed by atoms with Crippen molar-refractivity contribution in [3.05, 3.63) is 59.5 Å². The van der Waals surface area contributed by atoms with Crippen LogP contribution in [0, 0.1) is 17.2 Å². The summed E-state index contributed by atoms with van der Waals surface area (Å²) in [4.78, 5) is 17.4. The van der Waals surface area contributed by atoms with E-state index in [1.807, 2.05) is 37.0 Å². The SMILES string of the molecule is CN/C(=C\SCN1CCN(C)CC1)c1ccc(-c2cccc(N[C@@H](CC(C)C)C(=O)NCC#N)c2)cc1. The van der Waals surface area contributed by atoms with Crippen LogP contribution in [0.2, 0.25) is 0 Å². The fourth-order valence-electron chi connectivity index (χ4n) is 4.26. The van der Waals surface area contributed by atoms with Gasteiger partial charge in [-0.1, -0.05) is 50.2 Å². The van der Waals surface area contributed by atoms with Crippen molar-refractivity contribution in [3.8, 4) is 17.2 Å². The second-order valence-corrected chi connectivity index (χ2v) is 10.7. The number of amides is 1. The van der Waals surface area contributed by atoms with Crippen molar-refractivity contribution in [1.82, 2.24) is 20.4 Å². The standard InChI is InChI=1S/C29H40N6OS/c1-22(2)18-27(29(36)32-13-12-30)33-26-7-5-6-25(19-26)23-8-10-24(11-9-23)28(31-3)20-37-21-35-16-14-34(4)15-17-35/h5-11,19-20,22,27,31,33H,13-18,21H2,1-4H3,(H,32,36)/b28-20-/t27-/m0/s1. The van der Waals surface area contributed by atoms with Gasteiger partial charge in [0.2, 0.25) is 5.91 Å². The molecule has 2 aromatic rings. The number of anilines is 1. The molecule has 3 N–H and O–H groups in total. The average molecular weight is 521 g/mol. The minimum atomic E-state index is -0.391. The van der Waals surface area contributed by atoms with Crippen LogP contribution < -0.4 is 16.0 Å². The van der Waals surface area contributed by atoms with E-state index in [1.165, 1.54) is 0 Å². The summed E-state index contributed by atoms with van der Waals surface area (Å²) in [7, 11) is 4.15. The van der Waals surface area contributed by atoms with Crippen molar-refractivity contribution >= 4 is 29.1 Å². The van der Waals surface area contributed by atoms with E-state index < -0.39 is 6.04 Å². The number of nitriles is 1. The van der Waals surface area contributed by atoms with E-state index in [-0.39, 0.29) is 12.5 Å². The number of benzene rings is 2. The highest BCUT2D eigenvalue weighted by Gasteiger charge is 2.19. The molecule has 1 aliphatic heterocycles. The topological polar surface area (TPSA) is 83.4 Å². The number of likely N-dealkylation sites (N-methyl/N-ethyl adjacent to an activating group) is 1. The van der Waals surface area contributed by atoms with Gasteiger partial charge in [-0.2, -0.15) is 5.26 Å². The normalized spacial score (nSPS) is 15.7. The van der Waals surface area contributed by atoms with Crippen LogP contribution in [-0.4, -0.2) is 74.4 Å². The first kappa shape index (κ1) is 28.6. The molecule has 0 aromatic heterocycles. The first-order valence-electron chi connectivity index (χ1n) is 12.9. The molecule has 8 heteroatoms. The average Bonchev–Trinajstić information content (AvgIpc) is 2.90. The quantitative estimate of drug-likeness (QED) is 0.361. The zero-order valence-electron chi connectivity index (χ0n) is 22.5. The van der Waals surface area contributed by atoms with Gasteiger partial charge in [-0.05, 0) is 53.6 Å². The van der Waals surface area contributed by atoms with Crippen molar-refractivity contribution in [1.29, 1.82) is 5.26 Å². The van der Waals surface area contributed by atoms with Gasteiger partial charge in [0, 0.05) is 50.5 Å². The van der Waals surface area contributed by atoms with Gasteiger partial charge in [0.25, 0.3) is 0 Å². The molecular weight excluding hydrogens is 480 g/mol. The molecule has 0 bridgehead atoms. The van der Waals surface area contributed by atoms with Crippen LogP contribution in [-0.2, 0) is 4.79 Å². The third-order valence-electron chi connectivity index (χ3n) is 6.42. The summed E-state index contributed by atoms with van der Waals surface area (Å²) in [6, 6.07) is 18.3. The third-order valence-corrected chi connectivity index (χ3v) is 7.34. The molecule has 0 spiro atoms. The first-order valence-corrected chi connectivity index (χ1v) is 14.0. The Bertz CT molecular complexity index is 1070. The zero-order valence-corrected chi connectivity index (χ0v) is 23.3. The van der Waals surface area contributed by atoms with Crippen molar-refractivity contribution in [2.75, 3.05) is 58.0 Å². The lowest BCUT2D eigenvalue weighted by molar-refractivity contribution is -0.121. The highest BCUT2D eigenvalue weighted by atomic mass is 32.2. The Morgan fingerprint density at radius 3 is 2.49 bits per heavy atom. The largest absolute Gasteiger partial charge is 0.387 e. The Morgan fingerprint density at radius 2 is 1.84 bits per heavy atom. The maximum Gasteiger partial charge on any atom is 0.243 e. The Labute approximate surface area is 226 Å². The summed E-state index contributed by atoms with van der Waals surface area (Å²) >= 11 is 1.83. The predicted octanol–water partition coefficient (Wildman–Crippen LogP) is 4.28. The molecular formula is C29H40N6OS. The van der Waals surface area contributed by atoms with Gasteiger partial charge in [-0.15, -0.1) is 11.8 Å². The molecule has 0 unspecified atom stereocenters. The van der Waals surface area contributed by atoms with E-state index in [0.29, 0.717) is 12.3 Å². The Morgan fingerprint density at radius 1 is 1.11 bits per heavy atom. The monoisotopic (exact) mass is 520 g/mol. The fraction of sp³-hybridized carbons (Fsp3) is 0.448. The molecule has 3 rings (SSSR count). The molecule has 37 heavy (non-hydrogen) atoms. The third kappa shape index (κ3) is 9.12. The molecule has 0 aliphatic carbocycles. The summed E-state index contributed by atoms with van der Waals surface area (Å²) in [6.07, 6.45) is 0.683. The number of thioether (sulfide) groups is 1. The summed E-state index contributed by atoms with van der Waals surface area (Å²) in [5, 5.41) is 20.4. The Balaban J connectivity index is 1.65. The molecule has 1 saturated heterocycles. The van der Waals surface area contributed by atoms with Crippen molar-refractivity contribution < 1.29 is 4.79 Å². The number of rotatable bonds is 12. The van der Waals surface area contributed by atoms with Gasteiger partial charge in [-0.25, -0.2) is 0 Å². The van der Waals surface area contributed by atoms with E-state index in [9.17, 15) is 4.79 Å². The Kier molecular flexibility index (Phi) is 11.3. The van der Waals surface area contributed by atoms with Crippen LogP contribution in [0.25, 0.3) is 16.8 Å². The van der Waals surface area contributed by atoms with Gasteiger partial charge in [0.05, 0.1) is 6.07 Å². The van der Waals surface area contributed by atoms with Crippen LogP contribution in [0.3, 0.4) is 0 Å². The number of carbonyl (C=O) groups excluding carboxylic acids is 1. The van der Waals surface area contributed by atoms with E-state index in [4.69, 9.17) is 5.26 Å². The number of nitrogens with zero attached hydrogens (tertiary/aromatic N) is 3. The number of hydrogen-bond acceptors (Lipinski definition) is 7. The Hall–Kier alpha value is -2.99. The predicted molar refractivity (Wildman–Crippen MR) is 156 cm³/mol. The number of carbonyl (C=O) groups is 1. The summed E-state index contributed by atoms with van der Waals surface area (Å²) in [6.45, 7) is 8.70. The fourth-order valence-corrected chi connectivity index (χ4v) is 5.22. The summed E-state index contributed by atoms with van der Waals surface area (Å²) in [5.41, 5.74) is 5.34. The molecule has 1 aliphatic rings. The molecule has 1 amide bonds. The minimum Gasteiger partial charge on any atom is -0.387 e. The zero-order chi connectivity index (χ0) is 26.6. The number of piperazine rings is 1. The van der Waals surface area contributed by atoms with Crippen molar-refractivity contribution in [3.63, 3.8) is 0 Å². The molecule has 0 radical (unpaired) electrons. The van der Waals surface area contributed by atoms with Gasteiger partial charge in [0.15, 0.2) is 0 Å². The van der Waals surface area contributed by atoms with Crippen LogP contribution >= 0.6 is 11.8 Å². The summed E-state index contributed by atoms with van der Waals surface area (Å²) < 4.78 is 0. The van der Waals surface area contributed by atoms with Gasteiger partial charge < -0.3 is 20.9 Å². The first-order chi connectivity index (χ1) is 17.9. The van der Waals surface area contributed by atoms with Gasteiger partial charge >= 0.3 is 0 Å². The second kappa shape index (κ2) is 14.7. The van der Waals surface area contributed by atoms with Gasteiger partial charge in [0.1, 0.15) is 12.6 Å². The van der Waals surface area contributed by atoms with E-state index in [1.54, 1.807) is 0 Å². The van der Waals surface area contributed by atoms with Crippen LogP contribution in [0.15, 0.2) is 53.9 Å². The maximum absolute atomic E-state index is 12.6. The molecule has 1 fully saturated rings. The highest BCUT2D eigenvalue weighted by molar-refractivity contribution is 8.02. The minimum absolute atomic E-state index is 0.0128. The lowest BCUT2D eigenvalue weighted by atomic mass is 10.0. The molecule has 1 heterocycles. The molecule has 198 valence electrons. The van der Waals surface area contributed by atoms with Crippen LogP contribution in [0.1, 0.15) is 25.8 Å². The molecule has 2 aromatic carbocycles. The van der Waals surface area contributed by atoms with E-state index in [2.05, 4.69) is 88.5 Å². The highest BCUT2D eigenvalue weighted by Crippen LogP contribution is 2.26. The second-order valence-electron chi connectivity index (χ2n) is 9.86. The lowest BCUT2D eigenvalue weighted by Crippen LogP contribution is -2.44. The lowest BCUT2D eigenvalue weighted by Gasteiger charge is -2.31. The number of nitrogens with one attached hydrogen (secondary N) is 3. The smallest absolute Gasteiger partial charge is 0.243 e. The van der Waals surface area contributed by atoms with E-state index >= 15 is 0 Å². The van der Waals surface area contributed by atoms with Crippen LogP contribution in [0.5, 0.6) is 0 Å². The van der Waals surface area contributed by atoms with Crippen LogP contribution in [0.4, 0.5) is 5.69 Å². The summed E-state index contributed by atoms with van der Waals surface area (Å²) in [5.74, 6) is 1.19. The van der Waals surface area contributed by atoms with Crippen molar-refractivity contribution in [2.24, 2.45) is 5.92 Å². The molecule has 7 nitrogen and oxygen atoms in total. The maximum atomic E-state index is 12.6.